The van der Waals surface area contributed by atoms with E-state index in [2.05, 4.69) is 37.9 Å². The molecule has 0 aliphatic heterocycles. The molecule has 0 atom stereocenters. The highest BCUT2D eigenvalue weighted by molar-refractivity contribution is 5.76. The Balaban J connectivity index is 1.65. The number of para-hydroxylation sites is 1. The Bertz CT molecular complexity index is 929. The first-order valence-electron chi connectivity index (χ1n) is 8.21. The van der Waals surface area contributed by atoms with Crippen LogP contribution >= 0.6 is 0 Å². The Hall–Kier alpha value is -2.62. The van der Waals surface area contributed by atoms with Gasteiger partial charge in [-0.15, -0.1) is 0 Å². The summed E-state index contributed by atoms with van der Waals surface area (Å²) < 4.78 is 7.56. The lowest BCUT2D eigenvalue weighted by Crippen LogP contribution is -2.21. The van der Waals surface area contributed by atoms with Gasteiger partial charge in [-0.1, -0.05) is 18.2 Å². The number of nitrogens with zero attached hydrogens (tertiary/aromatic N) is 2. The topological polar surface area (TPSA) is 44.1 Å². The van der Waals surface area contributed by atoms with E-state index in [1.54, 1.807) is 10.9 Å². The van der Waals surface area contributed by atoms with Crippen molar-refractivity contribution < 1.29 is 4.74 Å². The fraction of sp³-hybridized carbons (Fsp3) is 0.300. The monoisotopic (exact) mass is 322 g/mol. The zero-order valence-electron chi connectivity index (χ0n) is 14.4. The van der Waals surface area contributed by atoms with Crippen molar-refractivity contribution in [3.05, 3.63) is 69.8 Å². The quantitative estimate of drug-likeness (QED) is 0.671. The molecular formula is C20H22N2O2. The minimum Gasteiger partial charge on any atom is -0.493 e. The molecule has 0 bridgehead atoms. The summed E-state index contributed by atoms with van der Waals surface area (Å²) in [6.07, 6.45) is 2.37. The van der Waals surface area contributed by atoms with Crippen molar-refractivity contribution in [1.29, 1.82) is 0 Å². The Morgan fingerprint density at radius 3 is 2.75 bits per heavy atom. The molecule has 0 aliphatic rings. The van der Waals surface area contributed by atoms with E-state index in [0.29, 0.717) is 18.5 Å². The summed E-state index contributed by atoms with van der Waals surface area (Å²) in [4.78, 5) is 16.8. The average molecular weight is 322 g/mol. The second-order valence-electron chi connectivity index (χ2n) is 6.17. The first-order valence-corrected chi connectivity index (χ1v) is 8.21. The molecule has 0 radical (unpaired) electrons. The Morgan fingerprint density at radius 2 is 1.92 bits per heavy atom. The van der Waals surface area contributed by atoms with E-state index < -0.39 is 0 Å². The number of aryl methyl sites for hydroxylation is 3. The van der Waals surface area contributed by atoms with Gasteiger partial charge in [0, 0.05) is 6.54 Å². The fourth-order valence-electron chi connectivity index (χ4n) is 2.83. The molecule has 0 unspecified atom stereocenters. The molecular weight excluding hydrogens is 300 g/mol. The third-order valence-corrected chi connectivity index (χ3v) is 4.30. The van der Waals surface area contributed by atoms with E-state index in [9.17, 15) is 4.79 Å². The molecule has 0 saturated carbocycles. The third-order valence-electron chi connectivity index (χ3n) is 4.30. The number of hydrogen-bond acceptors (Lipinski definition) is 3. The summed E-state index contributed by atoms with van der Waals surface area (Å²) in [6.45, 7) is 7.40. The molecule has 0 saturated heterocycles. The SMILES string of the molecule is Cc1cc(C)c(C)c(OCCCn2cnc3ccccc3c2=O)c1. The molecule has 3 rings (SSSR count). The van der Waals surface area contributed by atoms with Crippen molar-refractivity contribution in [1.82, 2.24) is 9.55 Å². The number of hydrogen-bond donors (Lipinski definition) is 0. The van der Waals surface area contributed by atoms with Gasteiger partial charge in [0.1, 0.15) is 5.75 Å². The van der Waals surface area contributed by atoms with Crippen molar-refractivity contribution >= 4 is 10.9 Å². The van der Waals surface area contributed by atoms with Crippen LogP contribution in [0, 0.1) is 20.8 Å². The lowest BCUT2D eigenvalue weighted by Gasteiger charge is -2.13. The van der Waals surface area contributed by atoms with Crippen LogP contribution in [0.3, 0.4) is 0 Å². The molecule has 24 heavy (non-hydrogen) atoms. The second kappa shape index (κ2) is 6.87. The zero-order chi connectivity index (χ0) is 17.1. The van der Waals surface area contributed by atoms with Gasteiger partial charge < -0.3 is 4.74 Å². The van der Waals surface area contributed by atoms with Gasteiger partial charge in [-0.25, -0.2) is 4.98 Å². The lowest BCUT2D eigenvalue weighted by atomic mass is 10.1. The number of aromatic nitrogens is 2. The minimum absolute atomic E-state index is 0.00294. The number of benzene rings is 2. The summed E-state index contributed by atoms with van der Waals surface area (Å²) in [5.41, 5.74) is 4.34. The molecule has 1 heterocycles. The van der Waals surface area contributed by atoms with Crippen LogP contribution in [-0.4, -0.2) is 16.2 Å². The van der Waals surface area contributed by atoms with Gasteiger partial charge in [0.15, 0.2) is 0 Å². The van der Waals surface area contributed by atoms with Gasteiger partial charge in [0.2, 0.25) is 0 Å². The van der Waals surface area contributed by atoms with Gasteiger partial charge >= 0.3 is 0 Å². The smallest absolute Gasteiger partial charge is 0.261 e. The molecule has 1 aromatic heterocycles. The molecule has 4 heteroatoms. The molecule has 124 valence electrons. The van der Waals surface area contributed by atoms with Crippen molar-refractivity contribution in [3.63, 3.8) is 0 Å². The van der Waals surface area contributed by atoms with Crippen LogP contribution in [0.2, 0.25) is 0 Å². The van der Waals surface area contributed by atoms with Gasteiger partial charge in [-0.05, 0) is 62.1 Å². The van der Waals surface area contributed by atoms with Crippen molar-refractivity contribution in [2.45, 2.75) is 33.7 Å². The minimum atomic E-state index is 0.00294. The highest BCUT2D eigenvalue weighted by Gasteiger charge is 2.05. The molecule has 0 spiro atoms. The maximum atomic E-state index is 12.4. The van der Waals surface area contributed by atoms with Crippen LogP contribution < -0.4 is 10.3 Å². The van der Waals surface area contributed by atoms with Crippen LogP contribution in [0.4, 0.5) is 0 Å². The predicted molar refractivity (Wildman–Crippen MR) is 96.8 cm³/mol. The summed E-state index contributed by atoms with van der Waals surface area (Å²) in [5.74, 6) is 0.927. The third kappa shape index (κ3) is 3.32. The Kier molecular flexibility index (Phi) is 4.65. The van der Waals surface area contributed by atoms with E-state index in [1.165, 1.54) is 16.7 Å². The summed E-state index contributed by atoms with van der Waals surface area (Å²) in [7, 11) is 0. The molecule has 4 nitrogen and oxygen atoms in total. The van der Waals surface area contributed by atoms with Crippen LogP contribution in [0.5, 0.6) is 5.75 Å². The Labute approximate surface area is 141 Å². The van der Waals surface area contributed by atoms with E-state index in [0.717, 1.165) is 17.7 Å². The molecule has 0 amide bonds. The maximum Gasteiger partial charge on any atom is 0.261 e. The summed E-state index contributed by atoms with van der Waals surface area (Å²) >= 11 is 0. The van der Waals surface area contributed by atoms with Crippen molar-refractivity contribution in [2.24, 2.45) is 0 Å². The van der Waals surface area contributed by atoms with Gasteiger partial charge in [-0.2, -0.15) is 0 Å². The van der Waals surface area contributed by atoms with Crippen molar-refractivity contribution in [2.75, 3.05) is 6.61 Å². The van der Waals surface area contributed by atoms with E-state index >= 15 is 0 Å². The standard InChI is InChI=1S/C20H22N2O2/c1-14-11-15(2)16(3)19(12-14)24-10-6-9-22-13-21-18-8-5-4-7-17(18)20(22)23/h4-5,7-8,11-13H,6,9-10H2,1-3H3. The molecule has 3 aromatic rings. The van der Waals surface area contributed by atoms with Crippen LogP contribution in [0.1, 0.15) is 23.1 Å². The van der Waals surface area contributed by atoms with Gasteiger partial charge in [0.05, 0.1) is 23.8 Å². The van der Waals surface area contributed by atoms with Gasteiger partial charge in [-0.3, -0.25) is 9.36 Å². The average Bonchev–Trinajstić information content (AvgIpc) is 2.57. The van der Waals surface area contributed by atoms with E-state index in [1.807, 2.05) is 24.3 Å². The fourth-order valence-corrected chi connectivity index (χ4v) is 2.83. The van der Waals surface area contributed by atoms with Crippen molar-refractivity contribution in [3.8, 4) is 5.75 Å². The van der Waals surface area contributed by atoms with Crippen LogP contribution in [-0.2, 0) is 6.54 Å². The Morgan fingerprint density at radius 1 is 1.12 bits per heavy atom. The molecule has 0 fully saturated rings. The molecule has 0 aliphatic carbocycles. The zero-order valence-corrected chi connectivity index (χ0v) is 14.4. The van der Waals surface area contributed by atoms with E-state index in [-0.39, 0.29) is 5.56 Å². The molecule has 0 N–H and O–H groups in total. The number of rotatable bonds is 5. The molecule has 2 aromatic carbocycles. The van der Waals surface area contributed by atoms with E-state index in [4.69, 9.17) is 4.74 Å². The highest BCUT2D eigenvalue weighted by atomic mass is 16.5. The summed E-state index contributed by atoms with van der Waals surface area (Å²) in [6, 6.07) is 11.6. The summed E-state index contributed by atoms with van der Waals surface area (Å²) in [5, 5.41) is 0.658. The largest absolute Gasteiger partial charge is 0.493 e. The second-order valence-corrected chi connectivity index (χ2v) is 6.17. The first-order chi connectivity index (χ1) is 11.6. The normalized spacial score (nSPS) is 11.0. The lowest BCUT2D eigenvalue weighted by molar-refractivity contribution is 0.298. The first kappa shape index (κ1) is 16.2. The van der Waals surface area contributed by atoms with Crippen LogP contribution in [0.25, 0.3) is 10.9 Å². The highest BCUT2D eigenvalue weighted by Crippen LogP contribution is 2.23. The maximum absolute atomic E-state index is 12.4. The van der Waals surface area contributed by atoms with Crippen LogP contribution in [0.15, 0.2) is 47.5 Å². The predicted octanol–water partition coefficient (Wildman–Crippen LogP) is 3.79. The number of fused-ring (bicyclic) bond motifs is 1. The van der Waals surface area contributed by atoms with Gasteiger partial charge in [0.25, 0.3) is 5.56 Å². The number of ether oxygens (including phenoxy) is 1.